The van der Waals surface area contributed by atoms with E-state index < -0.39 is 17.2 Å². The summed E-state index contributed by atoms with van der Waals surface area (Å²) in [5, 5.41) is 0. The van der Waals surface area contributed by atoms with E-state index in [2.05, 4.69) is 4.98 Å². The average molecular weight is 459 g/mol. The number of pyridine rings is 1. The summed E-state index contributed by atoms with van der Waals surface area (Å²) in [6, 6.07) is 6.91. The third kappa shape index (κ3) is 5.94. The number of esters is 1. The number of hydrogen-bond donors (Lipinski definition) is 0. The number of benzene rings is 1. The normalized spacial score (nSPS) is 12.6. The van der Waals surface area contributed by atoms with Crippen molar-refractivity contribution in [3.05, 3.63) is 65.1 Å². The standard InChI is InChI=1S/C25H28F2N2O4/c1-15(13-22(31)33-25(3,4)5)12-20(30)23-16(2)28-24-21(10-7-11-29(23)24)32-14-17-18(26)8-6-9-19(17)27/h6-11,15H,12-14H2,1-5H3/t15-/m0/s1. The zero-order valence-electron chi connectivity index (χ0n) is 19.4. The molecule has 3 rings (SSSR count). The first-order valence-electron chi connectivity index (χ1n) is 10.7. The van der Waals surface area contributed by atoms with Crippen LogP contribution in [0.5, 0.6) is 5.75 Å². The van der Waals surface area contributed by atoms with Crippen molar-refractivity contribution in [2.45, 2.75) is 59.7 Å². The number of ketones is 1. The van der Waals surface area contributed by atoms with Gasteiger partial charge in [-0.2, -0.15) is 0 Å². The molecule has 2 heterocycles. The molecule has 2 aromatic heterocycles. The van der Waals surface area contributed by atoms with Crippen LogP contribution in [0.4, 0.5) is 8.78 Å². The van der Waals surface area contributed by atoms with Crippen LogP contribution in [0.2, 0.25) is 0 Å². The number of halogens is 2. The molecule has 0 radical (unpaired) electrons. The molecule has 176 valence electrons. The highest BCUT2D eigenvalue weighted by molar-refractivity contribution is 5.97. The van der Waals surface area contributed by atoms with Crippen LogP contribution in [-0.2, 0) is 16.1 Å². The van der Waals surface area contributed by atoms with E-state index in [0.29, 0.717) is 22.8 Å². The maximum absolute atomic E-state index is 13.9. The lowest BCUT2D eigenvalue weighted by atomic mass is 9.99. The van der Waals surface area contributed by atoms with E-state index in [1.165, 1.54) is 6.07 Å². The smallest absolute Gasteiger partial charge is 0.306 e. The van der Waals surface area contributed by atoms with Crippen LogP contribution in [-0.4, -0.2) is 26.7 Å². The summed E-state index contributed by atoms with van der Waals surface area (Å²) in [4.78, 5) is 29.6. The Hall–Kier alpha value is -3.29. The maximum Gasteiger partial charge on any atom is 0.306 e. The number of fused-ring (bicyclic) bond motifs is 1. The van der Waals surface area contributed by atoms with E-state index in [-0.39, 0.29) is 42.7 Å². The Kier molecular flexibility index (Phi) is 7.15. The summed E-state index contributed by atoms with van der Waals surface area (Å²) in [5.41, 5.74) is 0.479. The van der Waals surface area contributed by atoms with Crippen molar-refractivity contribution in [3.63, 3.8) is 0 Å². The molecule has 0 bridgehead atoms. The lowest BCUT2D eigenvalue weighted by Gasteiger charge is -2.20. The van der Waals surface area contributed by atoms with Crippen LogP contribution < -0.4 is 4.74 Å². The second-order valence-corrected chi connectivity index (χ2v) is 9.12. The number of hydrogen-bond acceptors (Lipinski definition) is 5. The molecule has 0 amide bonds. The third-order valence-electron chi connectivity index (χ3n) is 4.96. The largest absolute Gasteiger partial charge is 0.485 e. The Labute approximate surface area is 191 Å². The molecule has 0 saturated carbocycles. The molecule has 3 aromatic rings. The first-order chi connectivity index (χ1) is 15.5. The van der Waals surface area contributed by atoms with Gasteiger partial charge in [0.25, 0.3) is 0 Å². The van der Waals surface area contributed by atoms with E-state index >= 15 is 0 Å². The summed E-state index contributed by atoms with van der Waals surface area (Å²) in [5.74, 6) is -1.85. The van der Waals surface area contributed by atoms with Crippen LogP contribution >= 0.6 is 0 Å². The summed E-state index contributed by atoms with van der Waals surface area (Å²) in [6.45, 7) is 8.59. The fourth-order valence-electron chi connectivity index (χ4n) is 3.58. The minimum atomic E-state index is -0.698. The number of ether oxygens (including phenoxy) is 2. The van der Waals surface area contributed by atoms with Crippen molar-refractivity contribution in [1.82, 2.24) is 9.38 Å². The summed E-state index contributed by atoms with van der Waals surface area (Å²) >= 11 is 0. The van der Waals surface area contributed by atoms with Gasteiger partial charge < -0.3 is 9.47 Å². The number of carbonyl (C=O) groups excluding carboxylic acids is 2. The van der Waals surface area contributed by atoms with Crippen LogP contribution in [0.25, 0.3) is 5.65 Å². The first-order valence-corrected chi connectivity index (χ1v) is 10.7. The number of carbonyl (C=O) groups is 2. The average Bonchev–Trinajstić information content (AvgIpc) is 3.02. The van der Waals surface area contributed by atoms with Crippen molar-refractivity contribution in [1.29, 1.82) is 0 Å². The van der Waals surface area contributed by atoms with Gasteiger partial charge >= 0.3 is 5.97 Å². The second kappa shape index (κ2) is 9.68. The monoisotopic (exact) mass is 458 g/mol. The molecule has 8 heteroatoms. The van der Waals surface area contributed by atoms with Gasteiger partial charge in [0.1, 0.15) is 29.5 Å². The summed E-state index contributed by atoms with van der Waals surface area (Å²) < 4.78 is 40.4. The van der Waals surface area contributed by atoms with Gasteiger partial charge in [-0.1, -0.05) is 13.0 Å². The summed E-state index contributed by atoms with van der Waals surface area (Å²) in [6.07, 6.45) is 1.94. The van der Waals surface area contributed by atoms with Crippen molar-refractivity contribution < 1.29 is 27.8 Å². The van der Waals surface area contributed by atoms with Crippen molar-refractivity contribution in [3.8, 4) is 5.75 Å². The van der Waals surface area contributed by atoms with Gasteiger partial charge in [-0.15, -0.1) is 0 Å². The Morgan fingerprint density at radius 1 is 1.09 bits per heavy atom. The molecule has 0 aliphatic rings. The predicted octanol–water partition coefficient (Wildman–Crippen LogP) is 5.44. The third-order valence-corrected chi connectivity index (χ3v) is 4.96. The second-order valence-electron chi connectivity index (χ2n) is 9.12. The topological polar surface area (TPSA) is 69.9 Å². The summed E-state index contributed by atoms with van der Waals surface area (Å²) in [7, 11) is 0. The molecule has 1 aromatic carbocycles. The van der Waals surface area contributed by atoms with Gasteiger partial charge in [-0.3, -0.25) is 14.0 Å². The fourth-order valence-corrected chi connectivity index (χ4v) is 3.58. The zero-order chi connectivity index (χ0) is 24.3. The predicted molar refractivity (Wildman–Crippen MR) is 119 cm³/mol. The molecule has 0 aliphatic heterocycles. The SMILES string of the molecule is Cc1nc2c(OCc3c(F)cccc3F)cccn2c1C(=O)C[C@H](C)CC(=O)OC(C)(C)C. The number of aromatic nitrogens is 2. The molecule has 0 N–H and O–H groups in total. The molecule has 1 atom stereocenters. The molecule has 0 aliphatic carbocycles. The highest BCUT2D eigenvalue weighted by Gasteiger charge is 2.24. The van der Waals surface area contributed by atoms with Crippen molar-refractivity contribution in [2.24, 2.45) is 5.92 Å². The fraction of sp³-hybridized carbons (Fsp3) is 0.400. The molecule has 0 spiro atoms. The van der Waals surface area contributed by atoms with Gasteiger partial charge in [-0.05, 0) is 57.9 Å². The van der Waals surface area contributed by atoms with Crippen LogP contribution in [0, 0.1) is 24.5 Å². The molecule has 0 saturated heterocycles. The molecule has 0 fully saturated rings. The zero-order valence-corrected chi connectivity index (χ0v) is 19.4. The highest BCUT2D eigenvalue weighted by atomic mass is 19.1. The van der Waals surface area contributed by atoms with E-state index in [9.17, 15) is 18.4 Å². The number of nitrogens with zero attached hydrogens (tertiary/aromatic N) is 2. The van der Waals surface area contributed by atoms with E-state index in [1.807, 2.05) is 6.92 Å². The van der Waals surface area contributed by atoms with Crippen molar-refractivity contribution in [2.75, 3.05) is 0 Å². The minimum Gasteiger partial charge on any atom is -0.485 e. The minimum absolute atomic E-state index is 0.126. The van der Waals surface area contributed by atoms with Crippen LogP contribution in [0.3, 0.4) is 0 Å². The van der Waals surface area contributed by atoms with E-state index in [4.69, 9.17) is 9.47 Å². The van der Waals surface area contributed by atoms with Gasteiger partial charge in [0.2, 0.25) is 0 Å². The number of Topliss-reactive ketones (excluding diaryl/α,β-unsaturated/α-hetero) is 1. The van der Waals surface area contributed by atoms with Crippen molar-refractivity contribution >= 4 is 17.4 Å². The molecule has 0 unspecified atom stereocenters. The number of aryl methyl sites for hydroxylation is 1. The van der Waals surface area contributed by atoms with Gasteiger partial charge in [0, 0.05) is 19.0 Å². The number of rotatable bonds is 8. The Morgan fingerprint density at radius 2 is 1.76 bits per heavy atom. The molecular formula is C25H28F2N2O4. The number of imidazole rings is 1. The Balaban J connectivity index is 1.77. The van der Waals surface area contributed by atoms with Crippen LogP contribution in [0.15, 0.2) is 36.5 Å². The molecule has 6 nitrogen and oxygen atoms in total. The van der Waals surface area contributed by atoms with Crippen LogP contribution in [0.1, 0.15) is 62.3 Å². The Bertz CT molecular complexity index is 1160. The lowest BCUT2D eigenvalue weighted by molar-refractivity contribution is -0.155. The quantitative estimate of drug-likeness (QED) is 0.332. The molecule has 33 heavy (non-hydrogen) atoms. The van der Waals surface area contributed by atoms with Gasteiger partial charge in [0.15, 0.2) is 17.2 Å². The van der Waals surface area contributed by atoms with E-state index in [0.717, 1.165) is 12.1 Å². The molecular weight excluding hydrogens is 430 g/mol. The van der Waals surface area contributed by atoms with Gasteiger partial charge in [-0.25, -0.2) is 13.8 Å². The van der Waals surface area contributed by atoms with Gasteiger partial charge in [0.05, 0.1) is 11.3 Å². The maximum atomic E-state index is 13.9. The lowest BCUT2D eigenvalue weighted by Crippen LogP contribution is -2.25. The first kappa shape index (κ1) is 24.4. The Morgan fingerprint density at radius 3 is 2.39 bits per heavy atom. The van der Waals surface area contributed by atoms with E-state index in [1.54, 1.807) is 50.4 Å². The highest BCUT2D eigenvalue weighted by Crippen LogP contribution is 2.26.